The fourth-order valence-electron chi connectivity index (χ4n) is 5.02. The van der Waals surface area contributed by atoms with E-state index < -0.39 is 0 Å². The minimum Gasteiger partial charge on any atom is -0.340 e. The number of imidazole rings is 1. The Morgan fingerprint density at radius 1 is 1.21 bits per heavy atom. The quantitative estimate of drug-likeness (QED) is 0.775. The van der Waals surface area contributed by atoms with Crippen LogP contribution in [0.15, 0.2) is 30.5 Å². The summed E-state index contributed by atoms with van der Waals surface area (Å²) in [6, 6.07) is 8.97. The third kappa shape index (κ3) is 4.11. The number of hydrogen-bond donors (Lipinski definition) is 0. The van der Waals surface area contributed by atoms with Gasteiger partial charge in [0.15, 0.2) is 0 Å². The minimum absolute atomic E-state index is 0.0645. The molecule has 2 aromatic rings. The first-order valence-corrected chi connectivity index (χ1v) is 11.2. The molecule has 1 saturated heterocycles. The van der Waals surface area contributed by atoms with E-state index in [-0.39, 0.29) is 11.8 Å². The molecule has 29 heavy (non-hydrogen) atoms. The Morgan fingerprint density at radius 3 is 2.69 bits per heavy atom. The van der Waals surface area contributed by atoms with Crippen LogP contribution in [0.2, 0.25) is 0 Å². The summed E-state index contributed by atoms with van der Waals surface area (Å²) >= 11 is 0. The highest BCUT2D eigenvalue weighted by Crippen LogP contribution is 2.36. The molecule has 0 radical (unpaired) electrons. The molecule has 1 aromatic heterocycles. The largest absolute Gasteiger partial charge is 0.340 e. The van der Waals surface area contributed by atoms with Crippen LogP contribution in [-0.2, 0) is 11.2 Å². The molecule has 0 saturated carbocycles. The van der Waals surface area contributed by atoms with Crippen LogP contribution in [-0.4, -0.2) is 58.0 Å². The summed E-state index contributed by atoms with van der Waals surface area (Å²) < 4.78 is 2.42. The van der Waals surface area contributed by atoms with Crippen molar-refractivity contribution in [3.05, 3.63) is 53.1 Å². The van der Waals surface area contributed by atoms with Crippen LogP contribution >= 0.6 is 0 Å². The van der Waals surface area contributed by atoms with Crippen molar-refractivity contribution >= 4 is 5.91 Å². The van der Waals surface area contributed by atoms with Crippen molar-refractivity contribution in [1.29, 1.82) is 0 Å². The normalized spacial score (nSPS) is 21.1. The summed E-state index contributed by atoms with van der Waals surface area (Å²) in [5.41, 5.74) is 3.72. The Labute approximate surface area is 174 Å². The molecule has 0 N–H and O–H groups in total. The predicted molar refractivity (Wildman–Crippen MR) is 116 cm³/mol. The van der Waals surface area contributed by atoms with Gasteiger partial charge >= 0.3 is 0 Å². The number of carbonyl (C=O) groups excluding carboxylic acids is 1. The fraction of sp³-hybridized carbons (Fsp3) is 0.583. The van der Waals surface area contributed by atoms with Gasteiger partial charge in [-0.15, -0.1) is 0 Å². The number of hydrogen-bond acceptors (Lipinski definition) is 3. The topological polar surface area (TPSA) is 41.4 Å². The number of aryl methyl sites for hydroxylation is 2. The highest BCUT2D eigenvalue weighted by Gasteiger charge is 2.30. The molecule has 0 unspecified atom stereocenters. The molecule has 0 bridgehead atoms. The van der Waals surface area contributed by atoms with Crippen molar-refractivity contribution in [3.8, 4) is 0 Å². The number of piperazine rings is 1. The molecule has 2 atom stereocenters. The first kappa shape index (κ1) is 20.1. The number of fused-ring (bicyclic) bond motifs is 1. The maximum absolute atomic E-state index is 13.3. The van der Waals surface area contributed by atoms with Gasteiger partial charge in [-0.05, 0) is 44.4 Å². The van der Waals surface area contributed by atoms with Crippen LogP contribution in [0.4, 0.5) is 0 Å². The molecule has 0 spiro atoms. The number of rotatable bonds is 5. The van der Waals surface area contributed by atoms with Gasteiger partial charge < -0.3 is 14.4 Å². The van der Waals surface area contributed by atoms with E-state index in [1.54, 1.807) is 0 Å². The van der Waals surface area contributed by atoms with Crippen molar-refractivity contribution in [3.63, 3.8) is 0 Å². The van der Waals surface area contributed by atoms with Crippen molar-refractivity contribution < 1.29 is 4.79 Å². The van der Waals surface area contributed by atoms with E-state index in [0.717, 1.165) is 39.1 Å². The number of nitrogens with zero attached hydrogens (tertiary/aromatic N) is 4. The van der Waals surface area contributed by atoms with E-state index in [1.807, 2.05) is 6.20 Å². The van der Waals surface area contributed by atoms with Crippen LogP contribution in [0.1, 0.15) is 67.7 Å². The molecule has 5 heteroatoms. The minimum atomic E-state index is 0.0645. The standard InChI is InChI=1S/C24H34N4O/c1-4-26-12-14-27(15-13-26)24(29)16-21(20-10-6-5-8-18(20)2)22-17-25-23-11-7-9-19(3)28(22)23/h5-6,8,10,17,19,21H,4,7,9,11-16H2,1-3H3/t19-,21+/m0/s1. The Hall–Kier alpha value is -2.14. The van der Waals surface area contributed by atoms with E-state index in [4.69, 9.17) is 4.98 Å². The van der Waals surface area contributed by atoms with Gasteiger partial charge in [0.1, 0.15) is 5.82 Å². The average Bonchev–Trinajstić information content (AvgIpc) is 3.18. The second-order valence-electron chi connectivity index (χ2n) is 8.64. The van der Waals surface area contributed by atoms with Gasteiger partial charge in [-0.2, -0.15) is 0 Å². The lowest BCUT2D eigenvalue weighted by molar-refractivity contribution is -0.133. The first-order chi connectivity index (χ1) is 14.1. The lowest BCUT2D eigenvalue weighted by atomic mass is 9.88. The summed E-state index contributed by atoms with van der Waals surface area (Å²) in [6.45, 7) is 11.3. The molecule has 3 heterocycles. The summed E-state index contributed by atoms with van der Waals surface area (Å²) in [7, 11) is 0. The SMILES string of the molecule is CCN1CCN(C(=O)C[C@H](c2ccccc2C)c2cnc3n2[C@@H](C)CCC3)CC1. The van der Waals surface area contributed by atoms with Gasteiger partial charge in [0.2, 0.25) is 5.91 Å². The van der Waals surface area contributed by atoms with Crippen LogP contribution in [0.25, 0.3) is 0 Å². The Kier molecular flexibility index (Phi) is 6.04. The molecular weight excluding hydrogens is 360 g/mol. The summed E-state index contributed by atoms with van der Waals surface area (Å²) in [6.07, 6.45) is 5.99. The van der Waals surface area contributed by atoms with Crippen LogP contribution in [0, 0.1) is 6.92 Å². The highest BCUT2D eigenvalue weighted by molar-refractivity contribution is 5.78. The molecule has 2 aliphatic rings. The van der Waals surface area contributed by atoms with E-state index >= 15 is 0 Å². The summed E-state index contributed by atoms with van der Waals surface area (Å²) in [5, 5.41) is 0. The second kappa shape index (κ2) is 8.70. The zero-order chi connectivity index (χ0) is 20.4. The zero-order valence-electron chi connectivity index (χ0n) is 18.1. The van der Waals surface area contributed by atoms with Crippen molar-refractivity contribution in [2.75, 3.05) is 32.7 Å². The van der Waals surface area contributed by atoms with Crippen LogP contribution in [0.3, 0.4) is 0 Å². The van der Waals surface area contributed by atoms with Gasteiger partial charge in [-0.3, -0.25) is 4.79 Å². The Balaban J connectivity index is 1.63. The van der Waals surface area contributed by atoms with Crippen molar-refractivity contribution in [1.82, 2.24) is 19.4 Å². The van der Waals surface area contributed by atoms with E-state index in [2.05, 4.69) is 59.4 Å². The second-order valence-corrected chi connectivity index (χ2v) is 8.64. The number of aromatic nitrogens is 2. The van der Waals surface area contributed by atoms with Crippen LogP contribution < -0.4 is 0 Å². The summed E-state index contributed by atoms with van der Waals surface area (Å²) in [4.78, 5) is 22.5. The molecule has 156 valence electrons. The Morgan fingerprint density at radius 2 is 1.97 bits per heavy atom. The third-order valence-corrected chi connectivity index (χ3v) is 6.84. The smallest absolute Gasteiger partial charge is 0.223 e. The van der Waals surface area contributed by atoms with Gasteiger partial charge in [0.05, 0.1) is 0 Å². The molecular formula is C24H34N4O. The van der Waals surface area contributed by atoms with Gasteiger partial charge in [-0.1, -0.05) is 31.2 Å². The summed E-state index contributed by atoms with van der Waals surface area (Å²) in [5.74, 6) is 1.52. The predicted octanol–water partition coefficient (Wildman–Crippen LogP) is 3.77. The number of amides is 1. The third-order valence-electron chi connectivity index (χ3n) is 6.84. The lowest BCUT2D eigenvalue weighted by Crippen LogP contribution is -2.48. The number of benzene rings is 1. The average molecular weight is 395 g/mol. The maximum atomic E-state index is 13.3. The van der Waals surface area contributed by atoms with Crippen molar-refractivity contribution in [2.45, 2.75) is 58.4 Å². The van der Waals surface area contributed by atoms with Gasteiger partial charge in [0, 0.05) is 62.9 Å². The number of likely N-dealkylation sites (N-methyl/N-ethyl adjacent to an activating group) is 1. The molecule has 0 aliphatic carbocycles. The van der Waals surface area contributed by atoms with E-state index in [1.165, 1.54) is 35.5 Å². The fourth-order valence-corrected chi connectivity index (χ4v) is 5.02. The van der Waals surface area contributed by atoms with E-state index in [9.17, 15) is 4.79 Å². The molecule has 2 aliphatic heterocycles. The zero-order valence-corrected chi connectivity index (χ0v) is 18.1. The Bertz CT molecular complexity index is 850. The van der Waals surface area contributed by atoms with Crippen LogP contribution in [0.5, 0.6) is 0 Å². The van der Waals surface area contributed by atoms with Gasteiger partial charge in [0.25, 0.3) is 0 Å². The number of carbonyl (C=O) groups is 1. The molecule has 1 fully saturated rings. The van der Waals surface area contributed by atoms with Gasteiger partial charge in [-0.25, -0.2) is 4.98 Å². The maximum Gasteiger partial charge on any atom is 0.223 e. The molecule has 1 amide bonds. The van der Waals surface area contributed by atoms with Crippen molar-refractivity contribution in [2.24, 2.45) is 0 Å². The van der Waals surface area contributed by atoms with E-state index in [0.29, 0.717) is 12.5 Å². The monoisotopic (exact) mass is 394 g/mol. The molecule has 1 aromatic carbocycles. The lowest BCUT2D eigenvalue weighted by Gasteiger charge is -2.35. The highest BCUT2D eigenvalue weighted by atomic mass is 16.2. The molecule has 4 rings (SSSR count). The molecule has 5 nitrogen and oxygen atoms in total. The first-order valence-electron chi connectivity index (χ1n) is 11.2.